The first-order chi connectivity index (χ1) is 10.6. The summed E-state index contributed by atoms with van der Waals surface area (Å²) in [5, 5.41) is 16.6. The van der Waals surface area contributed by atoms with Gasteiger partial charge in [-0.15, -0.1) is 0 Å². The van der Waals surface area contributed by atoms with Crippen molar-refractivity contribution < 1.29 is 9.90 Å². The highest BCUT2D eigenvalue weighted by Crippen LogP contribution is 2.27. The Kier molecular flexibility index (Phi) is 3.98. The van der Waals surface area contributed by atoms with Gasteiger partial charge in [0.15, 0.2) is 5.69 Å². The number of nitrogens with zero attached hydrogens (tertiary/aromatic N) is 2. The zero-order chi connectivity index (χ0) is 15.7. The number of aryl methyl sites for hydroxylation is 1. The number of aliphatic hydroxyl groups is 1. The van der Waals surface area contributed by atoms with Crippen molar-refractivity contribution in [1.29, 1.82) is 0 Å². The van der Waals surface area contributed by atoms with Crippen molar-refractivity contribution in [2.75, 3.05) is 6.54 Å². The summed E-state index contributed by atoms with van der Waals surface area (Å²) in [7, 11) is 0. The molecule has 5 nitrogen and oxygen atoms in total. The molecule has 22 heavy (non-hydrogen) atoms. The summed E-state index contributed by atoms with van der Waals surface area (Å²) in [5.41, 5.74) is 4.85. The van der Waals surface area contributed by atoms with E-state index < -0.39 is 6.10 Å². The summed E-state index contributed by atoms with van der Waals surface area (Å²) < 4.78 is 1.89. The van der Waals surface area contributed by atoms with Crippen LogP contribution in [0.25, 0.3) is 5.69 Å². The Morgan fingerprint density at radius 3 is 2.77 bits per heavy atom. The normalized spacial score (nSPS) is 14.7. The lowest BCUT2D eigenvalue weighted by molar-refractivity contribution is 0.0917. The van der Waals surface area contributed by atoms with Crippen molar-refractivity contribution in [2.45, 2.75) is 39.2 Å². The molecule has 3 rings (SSSR count). The number of carbonyl (C=O) groups is 1. The van der Waals surface area contributed by atoms with Crippen molar-refractivity contribution in [3.63, 3.8) is 0 Å². The highest BCUT2D eigenvalue weighted by atomic mass is 16.3. The molecule has 1 heterocycles. The van der Waals surface area contributed by atoms with Crippen LogP contribution in [-0.2, 0) is 12.8 Å². The zero-order valence-electron chi connectivity index (χ0n) is 13.0. The molecule has 1 aromatic carbocycles. The maximum Gasteiger partial charge on any atom is 0.272 e. The maximum atomic E-state index is 12.3. The number of fused-ring (bicyclic) bond motifs is 1. The summed E-state index contributed by atoms with van der Waals surface area (Å²) in [6.45, 7) is 3.94. The van der Waals surface area contributed by atoms with E-state index in [4.69, 9.17) is 0 Å². The van der Waals surface area contributed by atoms with E-state index in [2.05, 4.69) is 10.4 Å². The minimum Gasteiger partial charge on any atom is -0.392 e. The number of rotatable bonds is 4. The smallest absolute Gasteiger partial charge is 0.272 e. The number of hydrogen-bond acceptors (Lipinski definition) is 3. The van der Waals surface area contributed by atoms with Gasteiger partial charge in [-0.1, -0.05) is 17.7 Å². The van der Waals surface area contributed by atoms with E-state index in [1.165, 1.54) is 5.56 Å². The number of amides is 1. The lowest BCUT2D eigenvalue weighted by Crippen LogP contribution is -2.31. The lowest BCUT2D eigenvalue weighted by atomic mass is 10.2. The Bertz CT molecular complexity index is 687. The Labute approximate surface area is 130 Å². The number of aromatic nitrogens is 2. The van der Waals surface area contributed by atoms with Gasteiger partial charge < -0.3 is 10.4 Å². The molecular formula is C17H21N3O2. The topological polar surface area (TPSA) is 67.2 Å². The van der Waals surface area contributed by atoms with Crippen LogP contribution in [0.2, 0.25) is 0 Å². The minimum atomic E-state index is -0.559. The molecule has 1 amide bonds. The number of nitrogens with one attached hydrogen (secondary N) is 1. The van der Waals surface area contributed by atoms with Gasteiger partial charge in [0, 0.05) is 17.8 Å². The Hall–Kier alpha value is -2.14. The highest BCUT2D eigenvalue weighted by Gasteiger charge is 2.26. The summed E-state index contributed by atoms with van der Waals surface area (Å²) in [6, 6.07) is 8.15. The van der Waals surface area contributed by atoms with E-state index in [1.807, 2.05) is 35.9 Å². The van der Waals surface area contributed by atoms with Gasteiger partial charge >= 0.3 is 0 Å². The van der Waals surface area contributed by atoms with Crippen molar-refractivity contribution in [3.8, 4) is 5.69 Å². The number of carbonyl (C=O) groups excluding carboxylic acids is 1. The zero-order valence-corrected chi connectivity index (χ0v) is 13.0. The number of aliphatic hydroxyl groups excluding tert-OH is 1. The summed E-state index contributed by atoms with van der Waals surface area (Å²) in [5.74, 6) is -0.204. The molecule has 2 aromatic rings. The lowest BCUT2D eigenvalue weighted by Gasteiger charge is -2.07. The van der Waals surface area contributed by atoms with Crippen LogP contribution in [0.1, 0.15) is 40.7 Å². The number of benzene rings is 1. The van der Waals surface area contributed by atoms with Crippen LogP contribution < -0.4 is 5.32 Å². The minimum absolute atomic E-state index is 0.204. The molecule has 0 saturated heterocycles. The molecule has 2 N–H and O–H groups in total. The summed E-state index contributed by atoms with van der Waals surface area (Å²) in [4.78, 5) is 12.3. The fraction of sp³-hybridized carbons (Fsp3) is 0.412. The molecule has 0 aliphatic heterocycles. The first-order valence-corrected chi connectivity index (χ1v) is 7.70. The van der Waals surface area contributed by atoms with Crippen LogP contribution in [0.4, 0.5) is 0 Å². The maximum absolute atomic E-state index is 12.3. The molecule has 116 valence electrons. The molecule has 0 spiro atoms. The predicted molar refractivity (Wildman–Crippen MR) is 84.3 cm³/mol. The third-order valence-corrected chi connectivity index (χ3v) is 3.98. The average Bonchev–Trinajstić information content (AvgIpc) is 3.08. The largest absolute Gasteiger partial charge is 0.392 e. The monoisotopic (exact) mass is 299 g/mol. The van der Waals surface area contributed by atoms with Gasteiger partial charge in [0.1, 0.15) is 0 Å². The third-order valence-electron chi connectivity index (χ3n) is 3.98. The van der Waals surface area contributed by atoms with Crippen LogP contribution in [0.5, 0.6) is 0 Å². The molecular weight excluding hydrogens is 278 g/mol. The average molecular weight is 299 g/mol. The summed E-state index contributed by atoms with van der Waals surface area (Å²) >= 11 is 0. The third kappa shape index (κ3) is 2.76. The standard InChI is InChI=1S/C17H21N3O2/c1-11-6-8-13(9-7-11)20-15-5-3-4-14(15)16(19-20)17(22)18-10-12(2)21/h6-9,12,21H,3-5,10H2,1-2H3,(H,18,22). The molecule has 1 aliphatic carbocycles. The van der Waals surface area contributed by atoms with Gasteiger partial charge in [0.2, 0.25) is 0 Å². The van der Waals surface area contributed by atoms with E-state index in [1.54, 1.807) is 6.92 Å². The molecule has 0 radical (unpaired) electrons. The van der Waals surface area contributed by atoms with Crippen molar-refractivity contribution in [2.24, 2.45) is 0 Å². The molecule has 0 saturated carbocycles. The van der Waals surface area contributed by atoms with E-state index >= 15 is 0 Å². The second kappa shape index (κ2) is 5.93. The Morgan fingerprint density at radius 1 is 1.36 bits per heavy atom. The Balaban J connectivity index is 1.95. The highest BCUT2D eigenvalue weighted by molar-refractivity contribution is 5.94. The van der Waals surface area contributed by atoms with Crippen molar-refractivity contribution in [3.05, 3.63) is 46.8 Å². The van der Waals surface area contributed by atoms with Gasteiger partial charge in [0.25, 0.3) is 5.91 Å². The fourth-order valence-electron chi connectivity index (χ4n) is 2.84. The quantitative estimate of drug-likeness (QED) is 0.904. The molecule has 0 bridgehead atoms. The predicted octanol–water partition coefficient (Wildman–Crippen LogP) is 1.78. The van der Waals surface area contributed by atoms with Crippen LogP contribution >= 0.6 is 0 Å². The van der Waals surface area contributed by atoms with E-state index in [0.29, 0.717) is 5.69 Å². The van der Waals surface area contributed by atoms with Crippen LogP contribution in [0, 0.1) is 6.92 Å². The molecule has 1 unspecified atom stereocenters. The second-order valence-electron chi connectivity index (χ2n) is 5.93. The van der Waals surface area contributed by atoms with Crippen LogP contribution in [0.15, 0.2) is 24.3 Å². The first kappa shape index (κ1) is 14.8. The Morgan fingerprint density at radius 2 is 2.09 bits per heavy atom. The van der Waals surface area contributed by atoms with E-state index in [9.17, 15) is 9.90 Å². The van der Waals surface area contributed by atoms with Crippen LogP contribution in [-0.4, -0.2) is 33.4 Å². The van der Waals surface area contributed by atoms with Crippen molar-refractivity contribution in [1.82, 2.24) is 15.1 Å². The van der Waals surface area contributed by atoms with Crippen LogP contribution in [0.3, 0.4) is 0 Å². The molecule has 1 aromatic heterocycles. The number of hydrogen-bond donors (Lipinski definition) is 2. The van der Waals surface area contributed by atoms with Gasteiger partial charge in [-0.05, 0) is 45.2 Å². The van der Waals surface area contributed by atoms with Crippen molar-refractivity contribution >= 4 is 5.91 Å². The van der Waals surface area contributed by atoms with Gasteiger partial charge in [-0.2, -0.15) is 5.10 Å². The van der Waals surface area contributed by atoms with Gasteiger partial charge in [0.05, 0.1) is 11.8 Å². The fourth-order valence-corrected chi connectivity index (χ4v) is 2.84. The second-order valence-corrected chi connectivity index (χ2v) is 5.93. The van der Waals surface area contributed by atoms with E-state index in [-0.39, 0.29) is 12.5 Å². The first-order valence-electron chi connectivity index (χ1n) is 7.70. The molecule has 5 heteroatoms. The molecule has 1 atom stereocenters. The van der Waals surface area contributed by atoms with Gasteiger partial charge in [-0.25, -0.2) is 4.68 Å². The molecule has 0 fully saturated rings. The SMILES string of the molecule is Cc1ccc(-n2nc(C(=O)NCC(C)O)c3c2CCC3)cc1. The molecule has 1 aliphatic rings. The summed E-state index contributed by atoms with van der Waals surface area (Å²) in [6.07, 6.45) is 2.32. The van der Waals surface area contributed by atoms with Gasteiger partial charge in [-0.3, -0.25) is 4.79 Å². The van der Waals surface area contributed by atoms with E-state index in [0.717, 1.165) is 36.2 Å².